The van der Waals surface area contributed by atoms with Crippen LogP contribution in [-0.4, -0.2) is 45.8 Å². The van der Waals surface area contributed by atoms with Crippen LogP contribution < -0.4 is 4.74 Å². The molecule has 0 aromatic heterocycles. The molecule has 0 radical (unpaired) electrons. The van der Waals surface area contributed by atoms with E-state index in [2.05, 4.69) is 12.1 Å². The SMILES string of the molecule is COCCOCCCC(CO)Cc1ccc(OC)cc1. The minimum atomic E-state index is 0.212. The van der Waals surface area contributed by atoms with Crippen molar-refractivity contribution < 1.29 is 19.3 Å². The summed E-state index contributed by atoms with van der Waals surface area (Å²) in [5, 5.41) is 9.44. The van der Waals surface area contributed by atoms with Gasteiger partial charge in [-0.2, -0.15) is 0 Å². The second-order valence-corrected chi connectivity index (χ2v) is 4.85. The van der Waals surface area contributed by atoms with Crippen molar-refractivity contribution in [3.8, 4) is 5.75 Å². The number of ether oxygens (including phenoxy) is 3. The van der Waals surface area contributed by atoms with Gasteiger partial charge in [0.2, 0.25) is 0 Å². The monoisotopic (exact) mass is 282 g/mol. The minimum Gasteiger partial charge on any atom is -0.497 e. The first-order valence-corrected chi connectivity index (χ1v) is 7.10. The molecule has 1 atom stereocenters. The van der Waals surface area contributed by atoms with E-state index in [1.807, 2.05) is 12.1 Å². The van der Waals surface area contributed by atoms with Crippen LogP contribution in [0.4, 0.5) is 0 Å². The number of benzene rings is 1. The Kier molecular flexibility index (Phi) is 9.04. The lowest BCUT2D eigenvalue weighted by atomic mass is 9.95. The molecule has 0 heterocycles. The maximum absolute atomic E-state index is 9.44. The van der Waals surface area contributed by atoms with Crippen molar-refractivity contribution in [1.82, 2.24) is 0 Å². The van der Waals surface area contributed by atoms with Gasteiger partial charge in [-0.15, -0.1) is 0 Å². The first kappa shape index (κ1) is 17.0. The fraction of sp³-hybridized carbons (Fsp3) is 0.625. The fourth-order valence-corrected chi connectivity index (χ4v) is 2.07. The van der Waals surface area contributed by atoms with Gasteiger partial charge in [0.05, 0.1) is 20.3 Å². The molecule has 0 amide bonds. The van der Waals surface area contributed by atoms with Crippen LogP contribution in [0.25, 0.3) is 0 Å². The third kappa shape index (κ3) is 6.89. The zero-order valence-corrected chi connectivity index (χ0v) is 12.5. The van der Waals surface area contributed by atoms with Crippen LogP contribution in [0.15, 0.2) is 24.3 Å². The second kappa shape index (κ2) is 10.7. The van der Waals surface area contributed by atoms with Crippen LogP contribution in [0.2, 0.25) is 0 Å². The van der Waals surface area contributed by atoms with E-state index in [0.717, 1.165) is 31.6 Å². The van der Waals surface area contributed by atoms with E-state index in [9.17, 15) is 5.11 Å². The van der Waals surface area contributed by atoms with E-state index in [1.165, 1.54) is 5.56 Å². The van der Waals surface area contributed by atoms with E-state index in [0.29, 0.717) is 13.2 Å². The molecule has 114 valence electrons. The van der Waals surface area contributed by atoms with Gasteiger partial charge in [0.15, 0.2) is 0 Å². The number of rotatable bonds is 11. The molecule has 4 nitrogen and oxygen atoms in total. The Morgan fingerprint density at radius 2 is 1.80 bits per heavy atom. The van der Waals surface area contributed by atoms with Crippen molar-refractivity contribution in [3.05, 3.63) is 29.8 Å². The van der Waals surface area contributed by atoms with Gasteiger partial charge in [0.1, 0.15) is 5.75 Å². The molecule has 1 aromatic carbocycles. The van der Waals surface area contributed by atoms with Gasteiger partial charge in [-0.25, -0.2) is 0 Å². The summed E-state index contributed by atoms with van der Waals surface area (Å²) in [7, 11) is 3.33. The highest BCUT2D eigenvalue weighted by atomic mass is 16.5. The van der Waals surface area contributed by atoms with Crippen molar-refractivity contribution in [2.75, 3.05) is 40.6 Å². The Morgan fingerprint density at radius 3 is 2.40 bits per heavy atom. The normalized spacial score (nSPS) is 12.3. The Hall–Kier alpha value is -1.10. The molecule has 0 bridgehead atoms. The van der Waals surface area contributed by atoms with E-state index in [-0.39, 0.29) is 12.5 Å². The van der Waals surface area contributed by atoms with Crippen molar-refractivity contribution in [3.63, 3.8) is 0 Å². The summed E-state index contributed by atoms with van der Waals surface area (Å²) >= 11 is 0. The predicted octanol–water partition coefficient (Wildman–Crippen LogP) is 2.29. The maximum Gasteiger partial charge on any atom is 0.118 e. The molecular weight excluding hydrogens is 256 g/mol. The molecule has 1 rings (SSSR count). The summed E-state index contributed by atoms with van der Waals surface area (Å²) in [6.07, 6.45) is 2.82. The van der Waals surface area contributed by atoms with E-state index >= 15 is 0 Å². The van der Waals surface area contributed by atoms with Crippen molar-refractivity contribution in [2.45, 2.75) is 19.3 Å². The summed E-state index contributed by atoms with van der Waals surface area (Å²) < 4.78 is 15.5. The summed E-state index contributed by atoms with van der Waals surface area (Å²) in [6, 6.07) is 8.02. The quantitative estimate of drug-likeness (QED) is 0.633. The van der Waals surface area contributed by atoms with E-state index in [4.69, 9.17) is 14.2 Å². The van der Waals surface area contributed by atoms with Gasteiger partial charge < -0.3 is 19.3 Å². The molecule has 20 heavy (non-hydrogen) atoms. The summed E-state index contributed by atoms with van der Waals surface area (Å²) in [5.41, 5.74) is 1.23. The van der Waals surface area contributed by atoms with Crippen LogP contribution in [-0.2, 0) is 15.9 Å². The van der Waals surface area contributed by atoms with Crippen molar-refractivity contribution in [1.29, 1.82) is 0 Å². The standard InChI is InChI=1S/C16H26O4/c1-18-10-11-20-9-3-4-15(13-17)12-14-5-7-16(19-2)8-6-14/h5-8,15,17H,3-4,9-13H2,1-2H3. The van der Waals surface area contributed by atoms with Crippen LogP contribution in [0.5, 0.6) is 5.75 Å². The average Bonchev–Trinajstić information content (AvgIpc) is 2.50. The van der Waals surface area contributed by atoms with Gasteiger partial charge in [-0.3, -0.25) is 0 Å². The number of hydrogen-bond acceptors (Lipinski definition) is 4. The van der Waals surface area contributed by atoms with Crippen LogP contribution in [0.3, 0.4) is 0 Å². The lowest BCUT2D eigenvalue weighted by Gasteiger charge is -2.14. The number of aliphatic hydroxyl groups excluding tert-OH is 1. The third-order valence-electron chi connectivity index (χ3n) is 3.27. The van der Waals surface area contributed by atoms with E-state index < -0.39 is 0 Å². The maximum atomic E-state index is 9.44. The highest BCUT2D eigenvalue weighted by Crippen LogP contribution is 2.17. The Balaban J connectivity index is 2.24. The van der Waals surface area contributed by atoms with E-state index in [1.54, 1.807) is 14.2 Å². The summed E-state index contributed by atoms with van der Waals surface area (Å²) in [6.45, 7) is 2.21. The Morgan fingerprint density at radius 1 is 1.05 bits per heavy atom. The highest BCUT2D eigenvalue weighted by molar-refractivity contribution is 5.27. The van der Waals surface area contributed by atoms with Gasteiger partial charge in [0.25, 0.3) is 0 Å². The molecule has 1 unspecified atom stereocenters. The van der Waals surface area contributed by atoms with Crippen molar-refractivity contribution in [2.24, 2.45) is 5.92 Å². The summed E-state index contributed by atoms with van der Waals surface area (Å²) in [5.74, 6) is 1.15. The second-order valence-electron chi connectivity index (χ2n) is 4.85. The number of aliphatic hydroxyl groups is 1. The lowest BCUT2D eigenvalue weighted by molar-refractivity contribution is 0.0657. The highest BCUT2D eigenvalue weighted by Gasteiger charge is 2.08. The zero-order chi connectivity index (χ0) is 14.6. The number of hydrogen-bond donors (Lipinski definition) is 1. The number of methoxy groups -OCH3 is 2. The molecule has 4 heteroatoms. The molecule has 0 aliphatic heterocycles. The third-order valence-corrected chi connectivity index (χ3v) is 3.27. The first-order valence-electron chi connectivity index (χ1n) is 7.10. The average molecular weight is 282 g/mol. The van der Waals surface area contributed by atoms with Gasteiger partial charge >= 0.3 is 0 Å². The molecular formula is C16H26O4. The smallest absolute Gasteiger partial charge is 0.118 e. The Bertz CT molecular complexity index is 337. The first-order chi connectivity index (χ1) is 9.80. The van der Waals surface area contributed by atoms with Crippen molar-refractivity contribution >= 4 is 0 Å². The largest absolute Gasteiger partial charge is 0.497 e. The van der Waals surface area contributed by atoms with Crippen LogP contribution >= 0.6 is 0 Å². The Labute approximate surface area is 121 Å². The molecule has 0 saturated heterocycles. The lowest BCUT2D eigenvalue weighted by Crippen LogP contribution is -2.11. The molecule has 0 aliphatic rings. The van der Waals surface area contributed by atoms with Gasteiger partial charge in [-0.05, 0) is 42.9 Å². The van der Waals surface area contributed by atoms with Gasteiger partial charge in [0, 0.05) is 20.3 Å². The molecule has 0 fully saturated rings. The van der Waals surface area contributed by atoms with Crippen LogP contribution in [0, 0.1) is 5.92 Å². The van der Waals surface area contributed by atoms with Gasteiger partial charge in [-0.1, -0.05) is 12.1 Å². The topological polar surface area (TPSA) is 47.9 Å². The fourth-order valence-electron chi connectivity index (χ4n) is 2.07. The molecule has 0 saturated carbocycles. The minimum absolute atomic E-state index is 0.212. The summed E-state index contributed by atoms with van der Waals surface area (Å²) in [4.78, 5) is 0. The molecule has 0 spiro atoms. The molecule has 0 aliphatic carbocycles. The molecule has 1 aromatic rings. The molecule has 1 N–H and O–H groups in total. The zero-order valence-electron chi connectivity index (χ0n) is 12.5. The van der Waals surface area contributed by atoms with Crippen LogP contribution in [0.1, 0.15) is 18.4 Å². The predicted molar refractivity (Wildman–Crippen MR) is 79.2 cm³/mol.